The zero-order chi connectivity index (χ0) is 12.9. The molecule has 0 fully saturated rings. The molecule has 3 rings (SSSR count). The lowest BCUT2D eigenvalue weighted by molar-refractivity contribution is 1.23. The molecule has 18 heavy (non-hydrogen) atoms. The highest BCUT2D eigenvalue weighted by Gasteiger charge is 2.12. The van der Waals surface area contributed by atoms with Crippen molar-refractivity contribution in [1.29, 1.82) is 0 Å². The fourth-order valence-electron chi connectivity index (χ4n) is 2.06. The van der Waals surface area contributed by atoms with E-state index in [1.165, 1.54) is 0 Å². The Morgan fingerprint density at radius 2 is 1.56 bits per heavy atom. The summed E-state index contributed by atoms with van der Waals surface area (Å²) in [5.74, 6) is 0. The van der Waals surface area contributed by atoms with E-state index in [1.54, 1.807) is 0 Å². The van der Waals surface area contributed by atoms with Crippen molar-refractivity contribution in [1.82, 2.24) is 9.97 Å². The van der Waals surface area contributed by atoms with Crippen molar-refractivity contribution in [3.05, 3.63) is 45.7 Å². The van der Waals surface area contributed by atoms with Crippen LogP contribution in [0.4, 0.5) is 0 Å². The average Bonchev–Trinajstić information content (AvgIpc) is 2.36. The lowest BCUT2D eigenvalue weighted by Gasteiger charge is -2.08. The first-order valence-electron chi connectivity index (χ1n) is 5.59. The van der Waals surface area contributed by atoms with E-state index in [0.29, 0.717) is 10.0 Å². The molecule has 1 aromatic carbocycles. The van der Waals surface area contributed by atoms with Crippen LogP contribution in [0.1, 0.15) is 11.4 Å². The van der Waals surface area contributed by atoms with E-state index >= 15 is 0 Å². The topological polar surface area (TPSA) is 25.8 Å². The molecule has 0 unspecified atom stereocenters. The van der Waals surface area contributed by atoms with E-state index in [-0.39, 0.29) is 0 Å². The quantitative estimate of drug-likeness (QED) is 0.556. The van der Waals surface area contributed by atoms with E-state index in [1.807, 2.05) is 38.1 Å². The van der Waals surface area contributed by atoms with Gasteiger partial charge in [0.1, 0.15) is 0 Å². The molecule has 0 atom stereocenters. The predicted molar refractivity (Wildman–Crippen MR) is 76.5 cm³/mol. The van der Waals surface area contributed by atoms with Gasteiger partial charge in [-0.25, -0.2) is 4.98 Å². The molecular weight excluding hydrogens is 267 g/mol. The van der Waals surface area contributed by atoms with Crippen LogP contribution in [0, 0.1) is 13.8 Å². The van der Waals surface area contributed by atoms with Crippen molar-refractivity contribution in [2.24, 2.45) is 0 Å². The van der Waals surface area contributed by atoms with E-state index in [2.05, 4.69) is 9.97 Å². The van der Waals surface area contributed by atoms with E-state index < -0.39 is 0 Å². The highest BCUT2D eigenvalue weighted by atomic mass is 35.5. The number of rotatable bonds is 0. The molecule has 0 saturated carbocycles. The SMILES string of the molecule is Cc1ccc2ccc3c(Cl)c(Cl)c(C)nc3c2n1. The first-order valence-corrected chi connectivity index (χ1v) is 6.35. The lowest BCUT2D eigenvalue weighted by Crippen LogP contribution is -1.91. The average molecular weight is 277 g/mol. The predicted octanol–water partition coefficient (Wildman–Crippen LogP) is 4.71. The van der Waals surface area contributed by atoms with E-state index in [9.17, 15) is 0 Å². The van der Waals surface area contributed by atoms with Gasteiger partial charge in [-0.1, -0.05) is 41.4 Å². The number of benzene rings is 1. The molecule has 0 amide bonds. The van der Waals surface area contributed by atoms with Crippen molar-refractivity contribution in [3.8, 4) is 0 Å². The number of hydrogen-bond donors (Lipinski definition) is 0. The summed E-state index contributed by atoms with van der Waals surface area (Å²) in [6.07, 6.45) is 0. The van der Waals surface area contributed by atoms with Gasteiger partial charge in [-0.15, -0.1) is 0 Å². The van der Waals surface area contributed by atoms with Gasteiger partial charge in [0.15, 0.2) is 0 Å². The minimum atomic E-state index is 0.510. The molecule has 0 spiro atoms. The maximum Gasteiger partial charge on any atom is 0.0984 e. The van der Waals surface area contributed by atoms with Gasteiger partial charge < -0.3 is 0 Å². The van der Waals surface area contributed by atoms with Crippen LogP contribution in [-0.4, -0.2) is 9.97 Å². The Balaban J connectivity index is 2.58. The van der Waals surface area contributed by atoms with E-state index in [4.69, 9.17) is 23.2 Å². The largest absolute Gasteiger partial charge is 0.251 e. The number of aryl methyl sites for hydroxylation is 2. The van der Waals surface area contributed by atoms with Gasteiger partial charge >= 0.3 is 0 Å². The number of nitrogens with zero attached hydrogens (tertiary/aromatic N) is 2. The molecule has 0 saturated heterocycles. The Hall–Kier alpha value is -1.38. The highest BCUT2D eigenvalue weighted by molar-refractivity contribution is 6.45. The molecule has 0 aliphatic rings. The Morgan fingerprint density at radius 3 is 2.33 bits per heavy atom. The molecule has 3 aromatic rings. The second-order valence-corrected chi connectivity index (χ2v) is 5.07. The Kier molecular flexibility index (Phi) is 2.65. The normalized spacial score (nSPS) is 11.3. The Bertz CT molecular complexity index is 782. The molecule has 90 valence electrons. The van der Waals surface area contributed by atoms with Crippen LogP contribution < -0.4 is 0 Å². The van der Waals surface area contributed by atoms with Crippen LogP contribution in [0.25, 0.3) is 21.8 Å². The third-order valence-corrected chi connectivity index (χ3v) is 3.95. The minimum absolute atomic E-state index is 0.510. The van der Waals surface area contributed by atoms with Gasteiger partial charge in [0, 0.05) is 16.5 Å². The van der Waals surface area contributed by atoms with Gasteiger partial charge in [-0.05, 0) is 19.9 Å². The summed E-state index contributed by atoms with van der Waals surface area (Å²) in [5.41, 5.74) is 3.36. The summed E-state index contributed by atoms with van der Waals surface area (Å²) in [7, 11) is 0. The van der Waals surface area contributed by atoms with Gasteiger partial charge in [0.2, 0.25) is 0 Å². The molecule has 0 bridgehead atoms. The molecule has 0 aliphatic carbocycles. The number of pyridine rings is 2. The first-order chi connectivity index (χ1) is 8.58. The zero-order valence-electron chi connectivity index (χ0n) is 9.96. The smallest absolute Gasteiger partial charge is 0.0984 e. The van der Waals surface area contributed by atoms with Crippen LogP contribution >= 0.6 is 23.2 Å². The third kappa shape index (κ3) is 1.64. The molecule has 0 aliphatic heterocycles. The lowest BCUT2D eigenvalue weighted by atomic mass is 10.1. The molecule has 0 radical (unpaired) electrons. The Morgan fingerprint density at radius 1 is 0.833 bits per heavy atom. The van der Waals surface area contributed by atoms with E-state index in [0.717, 1.165) is 33.2 Å². The van der Waals surface area contributed by atoms with Crippen molar-refractivity contribution in [2.75, 3.05) is 0 Å². The monoisotopic (exact) mass is 276 g/mol. The molecule has 0 N–H and O–H groups in total. The second kappa shape index (κ2) is 4.08. The first kappa shape index (κ1) is 11.7. The summed E-state index contributed by atoms with van der Waals surface area (Å²) in [4.78, 5) is 9.08. The maximum atomic E-state index is 6.27. The number of hydrogen-bond acceptors (Lipinski definition) is 2. The number of aromatic nitrogens is 2. The summed E-state index contributed by atoms with van der Waals surface area (Å²) in [5, 5.41) is 2.96. The molecule has 2 aromatic heterocycles. The highest BCUT2D eigenvalue weighted by Crippen LogP contribution is 2.34. The van der Waals surface area contributed by atoms with Gasteiger partial charge in [0.05, 0.1) is 26.8 Å². The van der Waals surface area contributed by atoms with Gasteiger partial charge in [-0.3, -0.25) is 4.98 Å². The maximum absolute atomic E-state index is 6.27. The van der Waals surface area contributed by atoms with Crippen LogP contribution in [-0.2, 0) is 0 Å². The fraction of sp³-hybridized carbons (Fsp3) is 0.143. The van der Waals surface area contributed by atoms with Gasteiger partial charge in [-0.2, -0.15) is 0 Å². The van der Waals surface area contributed by atoms with Crippen LogP contribution in [0.3, 0.4) is 0 Å². The standard InChI is InChI=1S/C14H10Cl2N2/c1-7-3-4-9-5-6-10-12(16)11(15)8(2)18-14(10)13(9)17-7/h3-6H,1-2H3. The van der Waals surface area contributed by atoms with Crippen molar-refractivity contribution >= 4 is 45.0 Å². The van der Waals surface area contributed by atoms with Crippen molar-refractivity contribution < 1.29 is 0 Å². The van der Waals surface area contributed by atoms with Crippen molar-refractivity contribution in [2.45, 2.75) is 13.8 Å². The summed E-state index contributed by atoms with van der Waals surface area (Å²) in [6, 6.07) is 7.95. The summed E-state index contributed by atoms with van der Waals surface area (Å²) in [6.45, 7) is 3.81. The summed E-state index contributed by atoms with van der Waals surface area (Å²) < 4.78 is 0. The van der Waals surface area contributed by atoms with Crippen LogP contribution in [0.5, 0.6) is 0 Å². The van der Waals surface area contributed by atoms with Crippen LogP contribution in [0.15, 0.2) is 24.3 Å². The minimum Gasteiger partial charge on any atom is -0.251 e. The fourth-order valence-corrected chi connectivity index (χ4v) is 2.49. The molecular formula is C14H10Cl2N2. The van der Waals surface area contributed by atoms with Gasteiger partial charge in [0.25, 0.3) is 0 Å². The second-order valence-electron chi connectivity index (χ2n) is 4.31. The zero-order valence-corrected chi connectivity index (χ0v) is 11.5. The number of halogens is 2. The van der Waals surface area contributed by atoms with Crippen molar-refractivity contribution in [3.63, 3.8) is 0 Å². The molecule has 2 nitrogen and oxygen atoms in total. The number of fused-ring (bicyclic) bond motifs is 3. The molecule has 2 heterocycles. The third-order valence-electron chi connectivity index (χ3n) is 3.00. The Labute approximate surface area is 115 Å². The summed E-state index contributed by atoms with van der Waals surface area (Å²) >= 11 is 12.4. The van der Waals surface area contributed by atoms with Crippen LogP contribution in [0.2, 0.25) is 10.0 Å². The molecule has 4 heteroatoms.